The maximum absolute atomic E-state index is 14.0. The number of amides is 1. The highest BCUT2D eigenvalue weighted by atomic mass is 19.1. The minimum atomic E-state index is -0.799. The quantitative estimate of drug-likeness (QED) is 0.219. The first kappa shape index (κ1) is 25.2. The Kier molecular flexibility index (Phi) is 7.10. The fraction of sp³-hybridized carbons (Fsp3) is 0.148. The molecule has 0 unspecified atom stereocenters. The van der Waals surface area contributed by atoms with Crippen molar-refractivity contribution in [2.24, 2.45) is 7.05 Å². The number of ketones is 1. The van der Waals surface area contributed by atoms with Crippen LogP contribution in [0.5, 0.6) is 0 Å². The Morgan fingerprint density at radius 1 is 1.05 bits per heavy atom. The molecule has 1 amide bonds. The fourth-order valence-corrected chi connectivity index (χ4v) is 4.07. The van der Waals surface area contributed by atoms with Gasteiger partial charge in [0.2, 0.25) is 0 Å². The van der Waals surface area contributed by atoms with E-state index in [9.17, 15) is 24.1 Å². The molecule has 0 aliphatic rings. The van der Waals surface area contributed by atoms with Gasteiger partial charge in [-0.2, -0.15) is 0 Å². The van der Waals surface area contributed by atoms with Gasteiger partial charge < -0.3 is 14.8 Å². The Labute approximate surface area is 212 Å². The van der Waals surface area contributed by atoms with E-state index in [0.29, 0.717) is 17.1 Å². The lowest BCUT2D eigenvalue weighted by Gasteiger charge is -2.20. The number of nitrogens with one attached hydrogen (secondary N) is 1. The lowest BCUT2D eigenvalue weighted by molar-refractivity contribution is -0.384. The smallest absolute Gasteiger partial charge is 0.293 e. The Hall–Kier alpha value is -4.86. The van der Waals surface area contributed by atoms with Crippen molar-refractivity contribution in [2.75, 3.05) is 19.0 Å². The molecule has 10 heteroatoms. The summed E-state index contributed by atoms with van der Waals surface area (Å²) >= 11 is 0. The molecular formula is C27H24FN5O4. The van der Waals surface area contributed by atoms with Crippen molar-refractivity contribution in [3.8, 4) is 0 Å². The minimum absolute atomic E-state index is 0.0717. The first-order valence-electron chi connectivity index (χ1n) is 11.3. The molecule has 0 spiro atoms. The number of halogens is 1. The van der Waals surface area contributed by atoms with Gasteiger partial charge in [-0.05, 0) is 35.9 Å². The standard InChI is InChI=1S/C27H24FN5O4/c1-31(2)22-12-11-18(16-23(22)33(36)37)25(34)20-9-4-5-10-21(20)27(35)30-24(26-29-13-14-32(26)3)17-7-6-8-19(28)15-17/h4-16,24H,1-3H3,(H,30,35)/t24-/m0/s1. The van der Waals surface area contributed by atoms with Gasteiger partial charge >= 0.3 is 0 Å². The Morgan fingerprint density at radius 2 is 1.78 bits per heavy atom. The SMILES string of the molecule is CN(C)c1ccc(C(=O)c2ccccc2C(=O)N[C@@H](c2cccc(F)c2)c2nccn2C)cc1[N+](=O)[O-]. The van der Waals surface area contributed by atoms with Gasteiger partial charge in [-0.15, -0.1) is 0 Å². The summed E-state index contributed by atoms with van der Waals surface area (Å²) in [4.78, 5) is 43.9. The number of rotatable bonds is 8. The number of nitro groups is 1. The van der Waals surface area contributed by atoms with E-state index in [1.165, 1.54) is 48.5 Å². The number of aromatic nitrogens is 2. The number of nitro benzene ring substituents is 1. The maximum atomic E-state index is 14.0. The summed E-state index contributed by atoms with van der Waals surface area (Å²) in [6.45, 7) is 0. The number of carbonyl (C=O) groups is 2. The molecule has 1 atom stereocenters. The van der Waals surface area contributed by atoms with Crippen LogP contribution >= 0.6 is 0 Å². The van der Waals surface area contributed by atoms with Crippen molar-refractivity contribution in [1.82, 2.24) is 14.9 Å². The summed E-state index contributed by atoms with van der Waals surface area (Å²) in [6.07, 6.45) is 3.27. The molecule has 1 heterocycles. The maximum Gasteiger partial charge on any atom is 0.293 e. The van der Waals surface area contributed by atoms with E-state index in [4.69, 9.17) is 0 Å². The largest absolute Gasteiger partial charge is 0.372 e. The van der Waals surface area contributed by atoms with Crippen molar-refractivity contribution >= 4 is 23.1 Å². The average Bonchev–Trinajstić information content (AvgIpc) is 3.31. The summed E-state index contributed by atoms with van der Waals surface area (Å²) in [5, 5.41) is 14.5. The molecule has 37 heavy (non-hydrogen) atoms. The summed E-state index contributed by atoms with van der Waals surface area (Å²) in [7, 11) is 5.09. The molecule has 0 saturated carbocycles. The first-order valence-corrected chi connectivity index (χ1v) is 11.3. The molecule has 1 N–H and O–H groups in total. The van der Waals surface area contributed by atoms with Crippen molar-refractivity contribution in [2.45, 2.75) is 6.04 Å². The Bertz CT molecular complexity index is 1500. The fourth-order valence-electron chi connectivity index (χ4n) is 4.07. The predicted octanol–water partition coefficient (Wildman–Crippen LogP) is 4.28. The van der Waals surface area contributed by atoms with Crippen LogP contribution in [0.4, 0.5) is 15.8 Å². The molecule has 188 valence electrons. The van der Waals surface area contributed by atoms with Crippen LogP contribution in [-0.4, -0.2) is 40.3 Å². The number of carbonyl (C=O) groups excluding carboxylic acids is 2. The lowest BCUT2D eigenvalue weighted by atomic mass is 9.96. The number of nitrogens with zero attached hydrogens (tertiary/aromatic N) is 4. The molecule has 0 aliphatic heterocycles. The van der Waals surface area contributed by atoms with Gasteiger partial charge in [0.15, 0.2) is 5.78 Å². The molecule has 0 saturated heterocycles. The molecule has 4 rings (SSSR count). The van der Waals surface area contributed by atoms with Crippen molar-refractivity contribution < 1.29 is 18.9 Å². The number of hydrogen-bond donors (Lipinski definition) is 1. The van der Waals surface area contributed by atoms with Crippen molar-refractivity contribution in [3.63, 3.8) is 0 Å². The summed E-state index contributed by atoms with van der Waals surface area (Å²) in [5.74, 6) is -1.12. The zero-order valence-corrected chi connectivity index (χ0v) is 20.4. The van der Waals surface area contributed by atoms with E-state index in [0.717, 1.165) is 0 Å². The molecule has 0 aliphatic carbocycles. The van der Waals surface area contributed by atoms with Crippen molar-refractivity contribution in [1.29, 1.82) is 0 Å². The molecule has 0 radical (unpaired) electrons. The van der Waals surface area contributed by atoms with E-state index >= 15 is 0 Å². The second kappa shape index (κ2) is 10.4. The molecular weight excluding hydrogens is 477 g/mol. The van der Waals surface area contributed by atoms with Gasteiger partial charge in [0.05, 0.1) is 10.5 Å². The molecule has 1 aromatic heterocycles. The third kappa shape index (κ3) is 5.22. The normalized spacial score (nSPS) is 11.6. The predicted molar refractivity (Wildman–Crippen MR) is 136 cm³/mol. The topological polar surface area (TPSA) is 110 Å². The molecule has 9 nitrogen and oxygen atoms in total. The van der Waals surface area contributed by atoms with E-state index in [1.54, 1.807) is 61.2 Å². The monoisotopic (exact) mass is 501 g/mol. The van der Waals surface area contributed by atoms with Gasteiger partial charge in [0.1, 0.15) is 23.4 Å². The number of imidazole rings is 1. The number of aryl methyl sites for hydroxylation is 1. The second-order valence-corrected chi connectivity index (χ2v) is 8.59. The Morgan fingerprint density at radius 3 is 2.41 bits per heavy atom. The second-order valence-electron chi connectivity index (χ2n) is 8.59. The average molecular weight is 502 g/mol. The zero-order valence-electron chi connectivity index (χ0n) is 20.4. The van der Waals surface area contributed by atoms with Crippen LogP contribution in [0.25, 0.3) is 0 Å². The van der Waals surface area contributed by atoms with Crippen LogP contribution in [0, 0.1) is 15.9 Å². The third-order valence-electron chi connectivity index (χ3n) is 5.91. The van der Waals surface area contributed by atoms with Gasteiger partial charge in [0.25, 0.3) is 11.6 Å². The van der Waals surface area contributed by atoms with Gasteiger partial charge in [-0.1, -0.05) is 30.3 Å². The molecule has 0 fully saturated rings. The summed E-state index contributed by atoms with van der Waals surface area (Å²) in [5.41, 5.74) is 0.816. The van der Waals surface area contributed by atoms with E-state index in [2.05, 4.69) is 10.3 Å². The molecule has 3 aromatic carbocycles. The van der Waals surface area contributed by atoms with E-state index in [1.807, 2.05) is 0 Å². The van der Waals surface area contributed by atoms with Crippen molar-refractivity contribution in [3.05, 3.63) is 123 Å². The van der Waals surface area contributed by atoms with E-state index in [-0.39, 0.29) is 22.4 Å². The highest BCUT2D eigenvalue weighted by Crippen LogP contribution is 2.29. The number of hydrogen-bond acceptors (Lipinski definition) is 6. The zero-order chi connectivity index (χ0) is 26.7. The molecule has 0 bridgehead atoms. The number of anilines is 1. The summed E-state index contributed by atoms with van der Waals surface area (Å²) < 4.78 is 15.7. The van der Waals surface area contributed by atoms with Crippen LogP contribution in [-0.2, 0) is 7.05 Å². The van der Waals surface area contributed by atoms with Crippen LogP contribution in [0.2, 0.25) is 0 Å². The number of benzene rings is 3. The van der Waals surface area contributed by atoms with Crippen LogP contribution in [0.15, 0.2) is 79.1 Å². The van der Waals surface area contributed by atoms with Gasteiger partial charge in [-0.3, -0.25) is 19.7 Å². The van der Waals surface area contributed by atoms with Gasteiger partial charge in [0, 0.05) is 50.7 Å². The van der Waals surface area contributed by atoms with Crippen LogP contribution in [0.1, 0.15) is 43.7 Å². The Balaban J connectivity index is 1.72. The van der Waals surface area contributed by atoms with Crippen LogP contribution < -0.4 is 10.2 Å². The third-order valence-corrected chi connectivity index (χ3v) is 5.91. The minimum Gasteiger partial charge on any atom is -0.372 e. The lowest BCUT2D eigenvalue weighted by Crippen LogP contribution is -2.32. The molecule has 4 aromatic rings. The summed E-state index contributed by atoms with van der Waals surface area (Å²) in [6, 6.07) is 15.4. The van der Waals surface area contributed by atoms with E-state index < -0.39 is 28.5 Å². The van der Waals surface area contributed by atoms with Crippen LogP contribution in [0.3, 0.4) is 0 Å². The van der Waals surface area contributed by atoms with Gasteiger partial charge in [-0.25, -0.2) is 9.37 Å². The first-order chi connectivity index (χ1) is 17.7. The highest BCUT2D eigenvalue weighted by molar-refractivity contribution is 6.15. The highest BCUT2D eigenvalue weighted by Gasteiger charge is 2.26.